The Morgan fingerprint density at radius 2 is 1.53 bits per heavy atom. The topological polar surface area (TPSA) is 75.6 Å². The second-order valence-electron chi connectivity index (χ2n) is 8.46. The number of ether oxygens (including phenoxy) is 1. The number of hydrogen-bond acceptors (Lipinski definition) is 3. The van der Waals surface area contributed by atoms with Crippen LogP contribution in [0.25, 0.3) is 11.1 Å². The summed E-state index contributed by atoms with van der Waals surface area (Å²) >= 11 is 0. The Hall–Kier alpha value is -3.81. The molecule has 3 aromatic carbocycles. The average Bonchev–Trinajstić information content (AvgIpc) is 3.11. The lowest BCUT2D eigenvalue weighted by Gasteiger charge is -2.26. The van der Waals surface area contributed by atoms with Crippen LogP contribution >= 0.6 is 0 Å². The fourth-order valence-corrected chi connectivity index (χ4v) is 4.30. The van der Waals surface area contributed by atoms with Gasteiger partial charge in [-0.25, -0.2) is 9.59 Å². The standard InChI is InChI=1S/C26H22F3NO4/c1-25(23(31)32,14-16-7-6-8-17(13-16)26(27,28)29)30-24(33)34-15-22-20-11-4-2-9-18(20)19-10-3-5-12-21(19)22/h2-13,22H,14-15H2,1H3,(H,30,33)(H,31,32). The molecule has 1 aliphatic carbocycles. The van der Waals surface area contributed by atoms with Crippen molar-refractivity contribution in [1.82, 2.24) is 5.32 Å². The van der Waals surface area contributed by atoms with Gasteiger partial charge in [0.25, 0.3) is 0 Å². The van der Waals surface area contributed by atoms with Crippen LogP contribution in [0.15, 0.2) is 72.8 Å². The predicted octanol–water partition coefficient (Wildman–Crippen LogP) is 5.63. The van der Waals surface area contributed by atoms with Crippen molar-refractivity contribution in [3.8, 4) is 11.1 Å². The Bertz CT molecular complexity index is 1190. The van der Waals surface area contributed by atoms with Crippen LogP contribution in [0.5, 0.6) is 0 Å². The molecule has 8 heteroatoms. The first-order valence-electron chi connectivity index (χ1n) is 10.6. The zero-order chi connectivity index (χ0) is 24.5. The summed E-state index contributed by atoms with van der Waals surface area (Å²) in [5, 5.41) is 12.0. The molecule has 1 unspecified atom stereocenters. The van der Waals surface area contributed by atoms with Crippen molar-refractivity contribution >= 4 is 12.1 Å². The molecule has 0 aliphatic heterocycles. The van der Waals surface area contributed by atoms with E-state index in [4.69, 9.17) is 4.74 Å². The van der Waals surface area contributed by atoms with E-state index in [1.54, 1.807) is 0 Å². The molecule has 0 radical (unpaired) electrons. The van der Waals surface area contributed by atoms with Gasteiger partial charge in [0.2, 0.25) is 0 Å². The largest absolute Gasteiger partial charge is 0.480 e. The number of halogens is 3. The van der Waals surface area contributed by atoms with Crippen molar-refractivity contribution in [2.24, 2.45) is 0 Å². The molecule has 0 saturated heterocycles. The molecule has 0 spiro atoms. The number of carbonyl (C=O) groups is 2. The maximum absolute atomic E-state index is 13.0. The van der Waals surface area contributed by atoms with Gasteiger partial charge in [-0.05, 0) is 40.8 Å². The van der Waals surface area contributed by atoms with Crippen LogP contribution in [0.2, 0.25) is 0 Å². The molecule has 1 amide bonds. The highest BCUT2D eigenvalue weighted by atomic mass is 19.4. The summed E-state index contributed by atoms with van der Waals surface area (Å²) in [7, 11) is 0. The van der Waals surface area contributed by atoms with E-state index in [1.807, 2.05) is 48.5 Å². The van der Waals surface area contributed by atoms with Crippen LogP contribution in [0.1, 0.15) is 35.1 Å². The third-order valence-electron chi connectivity index (χ3n) is 6.01. The molecule has 34 heavy (non-hydrogen) atoms. The van der Waals surface area contributed by atoms with Crippen molar-refractivity contribution in [2.45, 2.75) is 31.0 Å². The summed E-state index contributed by atoms with van der Waals surface area (Å²) in [4.78, 5) is 24.5. The highest BCUT2D eigenvalue weighted by Gasteiger charge is 2.38. The van der Waals surface area contributed by atoms with E-state index in [2.05, 4.69) is 5.32 Å². The first-order valence-corrected chi connectivity index (χ1v) is 10.6. The second-order valence-corrected chi connectivity index (χ2v) is 8.46. The third kappa shape index (κ3) is 4.62. The van der Waals surface area contributed by atoms with Gasteiger partial charge in [-0.2, -0.15) is 13.2 Å². The highest BCUT2D eigenvalue weighted by Crippen LogP contribution is 2.44. The molecule has 3 aromatic rings. The van der Waals surface area contributed by atoms with Crippen LogP contribution in [-0.4, -0.2) is 29.3 Å². The van der Waals surface area contributed by atoms with Crippen molar-refractivity contribution in [1.29, 1.82) is 0 Å². The number of fused-ring (bicyclic) bond motifs is 3. The van der Waals surface area contributed by atoms with Crippen molar-refractivity contribution in [3.05, 3.63) is 95.1 Å². The number of amides is 1. The number of carboxylic acid groups (broad SMARTS) is 1. The molecule has 1 atom stereocenters. The lowest BCUT2D eigenvalue weighted by Crippen LogP contribution is -2.54. The van der Waals surface area contributed by atoms with E-state index in [0.29, 0.717) is 0 Å². The Morgan fingerprint density at radius 1 is 0.941 bits per heavy atom. The Kier molecular flexibility index (Phi) is 6.08. The number of hydrogen-bond donors (Lipinski definition) is 2. The smallest absolute Gasteiger partial charge is 0.416 e. The molecule has 4 rings (SSSR count). The summed E-state index contributed by atoms with van der Waals surface area (Å²) in [5.41, 5.74) is 1.46. The summed E-state index contributed by atoms with van der Waals surface area (Å²) in [6.07, 6.45) is -5.87. The van der Waals surface area contributed by atoms with E-state index in [1.165, 1.54) is 19.1 Å². The molecule has 0 bridgehead atoms. The first-order chi connectivity index (χ1) is 16.1. The number of rotatable bonds is 6. The van der Waals surface area contributed by atoms with Crippen molar-refractivity contribution in [3.63, 3.8) is 0 Å². The van der Waals surface area contributed by atoms with Crippen LogP contribution in [0.4, 0.5) is 18.0 Å². The van der Waals surface area contributed by atoms with E-state index < -0.39 is 29.3 Å². The summed E-state index contributed by atoms with van der Waals surface area (Å²) in [5.74, 6) is -1.60. The number of alkyl carbamates (subject to hydrolysis) is 1. The quantitative estimate of drug-likeness (QED) is 0.491. The number of benzene rings is 3. The average molecular weight is 469 g/mol. The van der Waals surface area contributed by atoms with Crippen molar-refractivity contribution < 1.29 is 32.6 Å². The number of carbonyl (C=O) groups excluding carboxylic acids is 1. The van der Waals surface area contributed by atoms with Gasteiger partial charge in [0.15, 0.2) is 0 Å². The number of alkyl halides is 3. The molecule has 0 fully saturated rings. The first kappa shape index (κ1) is 23.4. The lowest BCUT2D eigenvalue weighted by molar-refractivity contribution is -0.143. The van der Waals surface area contributed by atoms with E-state index in [9.17, 15) is 27.9 Å². The minimum absolute atomic E-state index is 0.0148. The van der Waals surface area contributed by atoms with E-state index >= 15 is 0 Å². The highest BCUT2D eigenvalue weighted by molar-refractivity contribution is 5.84. The summed E-state index contributed by atoms with van der Waals surface area (Å²) in [6.45, 7) is 1.22. The lowest BCUT2D eigenvalue weighted by atomic mass is 9.92. The van der Waals surface area contributed by atoms with Crippen LogP contribution < -0.4 is 5.32 Å². The number of aliphatic carboxylic acids is 1. The summed E-state index contributed by atoms with van der Waals surface area (Å²) < 4.78 is 44.5. The minimum atomic E-state index is -4.56. The van der Waals surface area contributed by atoms with Crippen LogP contribution in [0.3, 0.4) is 0 Å². The zero-order valence-electron chi connectivity index (χ0n) is 18.2. The van der Waals surface area contributed by atoms with Gasteiger partial charge in [0, 0.05) is 12.3 Å². The minimum Gasteiger partial charge on any atom is -0.480 e. The Labute approximate surface area is 194 Å². The van der Waals surface area contributed by atoms with Gasteiger partial charge in [-0.1, -0.05) is 66.7 Å². The second kappa shape index (κ2) is 8.85. The van der Waals surface area contributed by atoms with Gasteiger partial charge in [0.05, 0.1) is 5.56 Å². The van der Waals surface area contributed by atoms with Crippen LogP contribution in [-0.2, 0) is 22.1 Å². The third-order valence-corrected chi connectivity index (χ3v) is 6.01. The molecular formula is C26H22F3NO4. The van der Waals surface area contributed by atoms with Gasteiger partial charge >= 0.3 is 18.2 Å². The molecule has 1 aliphatic rings. The normalized spacial score (nSPS) is 14.6. The maximum atomic E-state index is 13.0. The molecular weight excluding hydrogens is 447 g/mol. The van der Waals surface area contributed by atoms with Crippen molar-refractivity contribution in [2.75, 3.05) is 6.61 Å². The zero-order valence-corrected chi connectivity index (χ0v) is 18.2. The summed E-state index contributed by atoms with van der Waals surface area (Å²) in [6, 6.07) is 19.9. The van der Waals surface area contributed by atoms with Gasteiger partial charge in [0.1, 0.15) is 12.1 Å². The molecule has 176 valence electrons. The monoisotopic (exact) mass is 469 g/mol. The number of nitrogens with one attached hydrogen (secondary N) is 1. The van der Waals surface area contributed by atoms with Gasteiger partial charge in [-0.3, -0.25) is 0 Å². The molecule has 2 N–H and O–H groups in total. The maximum Gasteiger partial charge on any atom is 0.416 e. The van der Waals surface area contributed by atoms with E-state index in [-0.39, 0.29) is 24.5 Å². The van der Waals surface area contributed by atoms with Gasteiger partial charge in [-0.15, -0.1) is 0 Å². The Morgan fingerprint density at radius 3 is 2.09 bits per heavy atom. The molecule has 0 heterocycles. The number of carboxylic acids is 1. The SMILES string of the molecule is CC(Cc1cccc(C(F)(F)F)c1)(NC(=O)OCC1c2ccccc2-c2ccccc21)C(=O)O. The van der Waals surface area contributed by atoms with Gasteiger partial charge < -0.3 is 15.2 Å². The fourth-order valence-electron chi connectivity index (χ4n) is 4.30. The van der Waals surface area contributed by atoms with E-state index in [0.717, 1.165) is 34.4 Å². The molecule has 0 saturated carbocycles. The molecule has 5 nitrogen and oxygen atoms in total. The predicted molar refractivity (Wildman–Crippen MR) is 119 cm³/mol. The Balaban J connectivity index is 1.48. The fraction of sp³-hybridized carbons (Fsp3) is 0.231. The van der Waals surface area contributed by atoms with Crippen LogP contribution in [0, 0.1) is 0 Å². The molecule has 0 aromatic heterocycles.